The zero-order chi connectivity index (χ0) is 17.7. The molecule has 0 radical (unpaired) electrons. The molecule has 0 fully saturated rings. The number of nitrogens with one attached hydrogen (secondary N) is 1. The molecule has 0 spiro atoms. The molecule has 0 aliphatic carbocycles. The van der Waals surface area contributed by atoms with Gasteiger partial charge in [0.1, 0.15) is 5.82 Å². The Balaban J connectivity index is 2.22. The lowest BCUT2D eigenvalue weighted by molar-refractivity contribution is 0.0724. The van der Waals surface area contributed by atoms with Crippen molar-refractivity contribution >= 4 is 17.7 Å². The van der Waals surface area contributed by atoms with Gasteiger partial charge in [0, 0.05) is 11.8 Å². The van der Waals surface area contributed by atoms with Crippen molar-refractivity contribution in [2.45, 2.75) is 20.0 Å². The molecule has 0 aromatic heterocycles. The van der Waals surface area contributed by atoms with E-state index in [0.29, 0.717) is 5.69 Å². The Labute approximate surface area is 138 Å². The molecule has 0 aliphatic rings. The second-order valence-corrected chi connectivity index (χ2v) is 5.22. The SMILES string of the molecule is CC(C)Oc1cc(F)ccc1OC(=O)c1cccc(NC(N)=O)c1. The molecule has 3 N–H and O–H groups in total. The van der Waals surface area contributed by atoms with E-state index in [2.05, 4.69) is 5.32 Å². The molecule has 0 bridgehead atoms. The molecule has 2 rings (SSSR count). The number of anilines is 1. The minimum Gasteiger partial charge on any atom is -0.487 e. The van der Waals surface area contributed by atoms with Crippen molar-refractivity contribution in [3.05, 3.63) is 53.8 Å². The minimum absolute atomic E-state index is 0.100. The van der Waals surface area contributed by atoms with Gasteiger partial charge in [-0.05, 0) is 44.2 Å². The third-order valence-corrected chi connectivity index (χ3v) is 2.84. The zero-order valence-corrected chi connectivity index (χ0v) is 13.2. The molecule has 2 aromatic rings. The molecule has 0 saturated heterocycles. The van der Waals surface area contributed by atoms with E-state index in [4.69, 9.17) is 15.2 Å². The average Bonchev–Trinajstić information content (AvgIpc) is 2.49. The van der Waals surface area contributed by atoms with E-state index in [0.717, 1.165) is 6.07 Å². The fraction of sp³-hybridized carbons (Fsp3) is 0.176. The van der Waals surface area contributed by atoms with Crippen LogP contribution in [0.1, 0.15) is 24.2 Å². The van der Waals surface area contributed by atoms with Crippen molar-refractivity contribution < 1.29 is 23.5 Å². The maximum absolute atomic E-state index is 13.4. The van der Waals surface area contributed by atoms with Crippen molar-refractivity contribution in [1.82, 2.24) is 0 Å². The number of hydrogen-bond donors (Lipinski definition) is 2. The number of primary amides is 1. The monoisotopic (exact) mass is 332 g/mol. The van der Waals surface area contributed by atoms with Gasteiger partial charge in [0.2, 0.25) is 0 Å². The highest BCUT2D eigenvalue weighted by molar-refractivity contribution is 5.94. The third-order valence-electron chi connectivity index (χ3n) is 2.84. The molecule has 6 nitrogen and oxygen atoms in total. The number of amides is 2. The highest BCUT2D eigenvalue weighted by atomic mass is 19.1. The van der Waals surface area contributed by atoms with Crippen LogP contribution in [-0.4, -0.2) is 18.1 Å². The molecule has 0 saturated carbocycles. The van der Waals surface area contributed by atoms with Crippen molar-refractivity contribution in [2.24, 2.45) is 5.73 Å². The number of carbonyl (C=O) groups excluding carboxylic acids is 2. The second kappa shape index (κ2) is 7.45. The molecule has 0 atom stereocenters. The number of rotatable bonds is 5. The Kier molecular flexibility index (Phi) is 5.36. The number of carbonyl (C=O) groups is 2. The number of esters is 1. The average molecular weight is 332 g/mol. The highest BCUT2D eigenvalue weighted by Crippen LogP contribution is 2.29. The van der Waals surface area contributed by atoms with Crippen LogP contribution < -0.4 is 20.5 Å². The Morgan fingerprint density at radius 1 is 1.12 bits per heavy atom. The summed E-state index contributed by atoms with van der Waals surface area (Å²) in [6, 6.07) is 8.96. The molecular weight excluding hydrogens is 315 g/mol. The van der Waals surface area contributed by atoms with Crippen LogP contribution in [0, 0.1) is 5.82 Å². The first-order valence-corrected chi connectivity index (χ1v) is 7.20. The summed E-state index contributed by atoms with van der Waals surface area (Å²) < 4.78 is 24.1. The summed E-state index contributed by atoms with van der Waals surface area (Å²) in [5.74, 6) is -0.949. The molecule has 0 unspecified atom stereocenters. The lowest BCUT2D eigenvalue weighted by Crippen LogP contribution is -2.19. The number of benzene rings is 2. The topological polar surface area (TPSA) is 90.7 Å². The van der Waals surface area contributed by atoms with Crippen LogP contribution >= 0.6 is 0 Å². The molecule has 7 heteroatoms. The normalized spacial score (nSPS) is 10.3. The molecule has 0 aliphatic heterocycles. The number of ether oxygens (including phenoxy) is 2. The summed E-state index contributed by atoms with van der Waals surface area (Å²) in [7, 11) is 0. The number of halogens is 1. The van der Waals surface area contributed by atoms with Crippen LogP contribution in [0.15, 0.2) is 42.5 Å². The van der Waals surface area contributed by atoms with Crippen molar-refractivity contribution in [3.8, 4) is 11.5 Å². The maximum atomic E-state index is 13.4. The van der Waals surface area contributed by atoms with Gasteiger partial charge in [0.25, 0.3) is 0 Å². The van der Waals surface area contributed by atoms with E-state index in [-0.39, 0.29) is 23.2 Å². The molecular formula is C17H17FN2O4. The molecule has 126 valence electrons. The van der Waals surface area contributed by atoms with Crippen molar-refractivity contribution in [1.29, 1.82) is 0 Å². The second-order valence-electron chi connectivity index (χ2n) is 5.22. The number of nitrogens with two attached hydrogens (primary N) is 1. The van der Waals surface area contributed by atoms with Crippen LogP contribution in [0.25, 0.3) is 0 Å². The van der Waals surface area contributed by atoms with E-state index in [1.807, 2.05) is 0 Å². The first-order valence-electron chi connectivity index (χ1n) is 7.20. The molecule has 2 amide bonds. The Morgan fingerprint density at radius 2 is 1.88 bits per heavy atom. The van der Waals surface area contributed by atoms with E-state index >= 15 is 0 Å². The summed E-state index contributed by atoms with van der Waals surface area (Å²) in [5.41, 5.74) is 5.59. The standard InChI is InChI=1S/C17H17FN2O4/c1-10(2)23-15-9-12(18)6-7-14(15)24-16(21)11-4-3-5-13(8-11)20-17(19)22/h3-10H,1-2H3,(H3,19,20,22). The van der Waals surface area contributed by atoms with E-state index < -0.39 is 17.8 Å². The van der Waals surface area contributed by atoms with E-state index in [9.17, 15) is 14.0 Å². The Hall–Kier alpha value is -3.09. The number of hydrogen-bond acceptors (Lipinski definition) is 4. The summed E-state index contributed by atoms with van der Waals surface area (Å²) in [6.45, 7) is 3.55. The molecule has 2 aromatic carbocycles. The largest absolute Gasteiger partial charge is 0.487 e. The lowest BCUT2D eigenvalue weighted by Gasteiger charge is -2.14. The van der Waals surface area contributed by atoms with Crippen LogP contribution in [-0.2, 0) is 0 Å². The number of urea groups is 1. The van der Waals surface area contributed by atoms with E-state index in [1.54, 1.807) is 26.0 Å². The van der Waals surface area contributed by atoms with Gasteiger partial charge in [0.15, 0.2) is 11.5 Å². The fourth-order valence-electron chi connectivity index (χ4n) is 1.94. The fourth-order valence-corrected chi connectivity index (χ4v) is 1.94. The summed E-state index contributed by atoms with van der Waals surface area (Å²) >= 11 is 0. The van der Waals surface area contributed by atoms with E-state index in [1.165, 1.54) is 24.3 Å². The summed E-state index contributed by atoms with van der Waals surface area (Å²) in [5, 5.41) is 2.37. The lowest BCUT2D eigenvalue weighted by atomic mass is 10.2. The molecule has 0 heterocycles. The van der Waals surface area contributed by atoms with Gasteiger partial charge >= 0.3 is 12.0 Å². The van der Waals surface area contributed by atoms with Crippen molar-refractivity contribution in [2.75, 3.05) is 5.32 Å². The highest BCUT2D eigenvalue weighted by Gasteiger charge is 2.15. The first-order chi connectivity index (χ1) is 11.3. The first kappa shape index (κ1) is 17.3. The predicted molar refractivity (Wildman–Crippen MR) is 86.8 cm³/mol. The van der Waals surface area contributed by atoms with Gasteiger partial charge in [0.05, 0.1) is 11.7 Å². The quantitative estimate of drug-likeness (QED) is 0.649. The van der Waals surface area contributed by atoms with Gasteiger partial charge in [-0.25, -0.2) is 14.0 Å². The summed E-state index contributed by atoms with van der Waals surface area (Å²) in [4.78, 5) is 23.1. The van der Waals surface area contributed by atoms with Gasteiger partial charge in [-0.2, -0.15) is 0 Å². The smallest absolute Gasteiger partial charge is 0.343 e. The Bertz CT molecular complexity index is 762. The van der Waals surface area contributed by atoms with Gasteiger partial charge in [-0.1, -0.05) is 6.07 Å². The van der Waals surface area contributed by atoms with Crippen LogP contribution in [0.2, 0.25) is 0 Å². The predicted octanol–water partition coefficient (Wildman–Crippen LogP) is 3.32. The third kappa shape index (κ3) is 4.70. The van der Waals surface area contributed by atoms with Gasteiger partial charge in [-0.3, -0.25) is 0 Å². The zero-order valence-electron chi connectivity index (χ0n) is 13.2. The van der Waals surface area contributed by atoms with Gasteiger partial charge in [-0.15, -0.1) is 0 Å². The Morgan fingerprint density at radius 3 is 2.54 bits per heavy atom. The van der Waals surface area contributed by atoms with Gasteiger partial charge < -0.3 is 20.5 Å². The maximum Gasteiger partial charge on any atom is 0.343 e. The van der Waals surface area contributed by atoms with Crippen LogP contribution in [0.3, 0.4) is 0 Å². The van der Waals surface area contributed by atoms with Crippen LogP contribution in [0.4, 0.5) is 14.9 Å². The minimum atomic E-state index is -0.744. The van der Waals surface area contributed by atoms with Crippen LogP contribution in [0.5, 0.6) is 11.5 Å². The van der Waals surface area contributed by atoms with Crippen molar-refractivity contribution in [3.63, 3.8) is 0 Å². The molecule has 24 heavy (non-hydrogen) atoms. The summed E-state index contributed by atoms with van der Waals surface area (Å²) in [6.07, 6.45) is -0.215.